The summed E-state index contributed by atoms with van der Waals surface area (Å²) in [5.74, 6) is 1.22. The highest BCUT2D eigenvalue weighted by Crippen LogP contribution is 2.17. The first kappa shape index (κ1) is 20.3. The number of ketones is 1. The lowest BCUT2D eigenvalue weighted by atomic mass is 10.0. The molecule has 0 radical (unpaired) electrons. The first-order chi connectivity index (χ1) is 11.3. The van der Waals surface area contributed by atoms with Crippen LogP contribution in [0.25, 0.3) is 0 Å². The molecule has 0 saturated heterocycles. The highest BCUT2D eigenvalue weighted by Gasteiger charge is 2.14. The molecule has 134 valence electrons. The van der Waals surface area contributed by atoms with Gasteiger partial charge in [-0.25, -0.2) is 4.98 Å². The molecule has 0 fully saturated rings. The van der Waals surface area contributed by atoms with Crippen LogP contribution < -0.4 is 10.6 Å². The van der Waals surface area contributed by atoms with Gasteiger partial charge in [-0.05, 0) is 50.8 Å². The van der Waals surface area contributed by atoms with Crippen molar-refractivity contribution in [1.82, 2.24) is 10.3 Å². The molecule has 1 aromatic rings. The van der Waals surface area contributed by atoms with Crippen LogP contribution >= 0.6 is 0 Å². The van der Waals surface area contributed by atoms with Crippen molar-refractivity contribution in [3.05, 3.63) is 23.4 Å². The number of Topliss-reactive ketones (excluding diaryl/α,β-unsaturated/α-hetero) is 1. The number of pyridine rings is 1. The minimum absolute atomic E-state index is 0.0498. The molecule has 1 heterocycles. The van der Waals surface area contributed by atoms with Gasteiger partial charge in [0.05, 0.1) is 5.56 Å². The number of nitrogens with zero attached hydrogens (tertiary/aromatic N) is 1. The highest BCUT2D eigenvalue weighted by atomic mass is 16.1. The minimum Gasteiger partial charge on any atom is -0.369 e. The van der Waals surface area contributed by atoms with Crippen LogP contribution in [0.3, 0.4) is 0 Å². The number of hydrogen-bond donors (Lipinski definition) is 3. The van der Waals surface area contributed by atoms with Crippen molar-refractivity contribution in [2.75, 3.05) is 18.4 Å². The van der Waals surface area contributed by atoms with Crippen LogP contribution in [0, 0.1) is 18.3 Å². The fourth-order valence-electron chi connectivity index (χ4n) is 2.48. The lowest BCUT2D eigenvalue weighted by Gasteiger charge is -2.19. The van der Waals surface area contributed by atoms with E-state index in [1.807, 2.05) is 13.0 Å². The molecule has 0 bridgehead atoms. The Morgan fingerprint density at radius 2 is 2.08 bits per heavy atom. The molecule has 0 saturated carbocycles. The number of aromatic nitrogens is 1. The molecule has 1 rings (SSSR count). The van der Waals surface area contributed by atoms with Gasteiger partial charge in [-0.15, -0.1) is 0 Å². The number of hydrogen-bond acceptors (Lipinski definition) is 5. The molecule has 0 amide bonds. The minimum atomic E-state index is -0.0498. The topological polar surface area (TPSA) is 77.9 Å². The van der Waals surface area contributed by atoms with Crippen molar-refractivity contribution in [3.8, 4) is 0 Å². The summed E-state index contributed by atoms with van der Waals surface area (Å²) in [6.45, 7) is 12.0. The molecule has 0 aliphatic rings. The van der Waals surface area contributed by atoms with Crippen molar-refractivity contribution in [2.45, 2.75) is 59.9 Å². The first-order valence-corrected chi connectivity index (χ1v) is 8.84. The van der Waals surface area contributed by atoms with Crippen LogP contribution in [0.2, 0.25) is 0 Å². The average molecular weight is 332 g/mol. The summed E-state index contributed by atoms with van der Waals surface area (Å²) < 4.78 is 0. The van der Waals surface area contributed by atoms with Crippen molar-refractivity contribution in [2.24, 2.45) is 5.92 Å². The van der Waals surface area contributed by atoms with Crippen molar-refractivity contribution < 1.29 is 4.79 Å². The maximum absolute atomic E-state index is 12.3. The van der Waals surface area contributed by atoms with E-state index in [1.54, 1.807) is 13.1 Å². The predicted molar refractivity (Wildman–Crippen MR) is 101 cm³/mol. The van der Waals surface area contributed by atoms with Crippen LogP contribution in [0.5, 0.6) is 0 Å². The van der Waals surface area contributed by atoms with Gasteiger partial charge in [-0.1, -0.05) is 20.8 Å². The van der Waals surface area contributed by atoms with Gasteiger partial charge in [0, 0.05) is 30.9 Å². The standard InChI is InChI=1S/C19H32N4O/c1-6-16(22-11-13(2)3)7-8-21-19-17(9-14(4)12-23-19)18(24)10-15(5)20/h9,12-13,16,20,22H,6-8,10-11H2,1-5H3,(H,21,23). The van der Waals surface area contributed by atoms with E-state index in [0.29, 0.717) is 29.1 Å². The fourth-order valence-corrected chi connectivity index (χ4v) is 2.48. The molecule has 0 aliphatic carbocycles. The van der Waals surface area contributed by atoms with E-state index in [4.69, 9.17) is 5.41 Å². The van der Waals surface area contributed by atoms with Gasteiger partial charge in [-0.2, -0.15) is 0 Å². The fraction of sp³-hybridized carbons (Fsp3) is 0.632. The van der Waals surface area contributed by atoms with Crippen LogP contribution in [0.15, 0.2) is 12.3 Å². The van der Waals surface area contributed by atoms with E-state index in [1.165, 1.54) is 0 Å². The molecular formula is C19H32N4O. The van der Waals surface area contributed by atoms with Crippen LogP contribution in [-0.2, 0) is 0 Å². The summed E-state index contributed by atoms with van der Waals surface area (Å²) in [4.78, 5) is 16.7. The summed E-state index contributed by atoms with van der Waals surface area (Å²) in [5, 5.41) is 14.4. The van der Waals surface area contributed by atoms with E-state index in [0.717, 1.165) is 31.5 Å². The Labute approximate surface area is 146 Å². The van der Waals surface area contributed by atoms with Crippen LogP contribution in [0.1, 0.15) is 62.9 Å². The van der Waals surface area contributed by atoms with Crippen molar-refractivity contribution in [3.63, 3.8) is 0 Å². The number of carbonyl (C=O) groups is 1. The number of anilines is 1. The zero-order valence-electron chi connectivity index (χ0n) is 15.7. The Morgan fingerprint density at radius 3 is 2.67 bits per heavy atom. The molecule has 0 spiro atoms. The van der Waals surface area contributed by atoms with Gasteiger partial charge in [-0.3, -0.25) is 4.79 Å². The van der Waals surface area contributed by atoms with Crippen molar-refractivity contribution >= 4 is 17.3 Å². The number of rotatable bonds is 11. The number of carbonyl (C=O) groups excluding carboxylic acids is 1. The molecule has 24 heavy (non-hydrogen) atoms. The van der Waals surface area contributed by atoms with Gasteiger partial charge < -0.3 is 16.0 Å². The third kappa shape index (κ3) is 7.21. The smallest absolute Gasteiger partial charge is 0.172 e. The molecular weight excluding hydrogens is 300 g/mol. The third-order valence-corrected chi connectivity index (χ3v) is 3.84. The Morgan fingerprint density at radius 1 is 1.38 bits per heavy atom. The summed E-state index contributed by atoms with van der Waals surface area (Å²) in [5.41, 5.74) is 1.91. The van der Waals surface area contributed by atoms with E-state index < -0.39 is 0 Å². The second kappa shape index (κ2) is 10.2. The van der Waals surface area contributed by atoms with Gasteiger partial charge >= 0.3 is 0 Å². The molecule has 5 nitrogen and oxygen atoms in total. The second-order valence-electron chi connectivity index (χ2n) is 6.91. The van der Waals surface area contributed by atoms with Crippen LogP contribution in [0.4, 0.5) is 5.82 Å². The largest absolute Gasteiger partial charge is 0.369 e. The normalized spacial score (nSPS) is 12.2. The molecule has 1 atom stereocenters. The SMILES string of the molecule is CCC(CCNc1ncc(C)cc1C(=O)CC(C)=N)NCC(C)C. The summed E-state index contributed by atoms with van der Waals surface area (Å²) >= 11 is 0. The van der Waals surface area contributed by atoms with E-state index in [2.05, 4.69) is 36.4 Å². The van der Waals surface area contributed by atoms with Crippen LogP contribution in [-0.4, -0.2) is 35.6 Å². The molecule has 5 heteroatoms. The zero-order chi connectivity index (χ0) is 18.1. The van der Waals surface area contributed by atoms with E-state index in [9.17, 15) is 4.79 Å². The van der Waals surface area contributed by atoms with E-state index in [-0.39, 0.29) is 12.2 Å². The Hall–Kier alpha value is -1.75. The Bertz CT molecular complexity index is 554. The number of aryl methyl sites for hydroxylation is 1. The highest BCUT2D eigenvalue weighted by molar-refractivity contribution is 6.10. The summed E-state index contributed by atoms with van der Waals surface area (Å²) in [6, 6.07) is 2.32. The first-order valence-electron chi connectivity index (χ1n) is 8.84. The van der Waals surface area contributed by atoms with Gasteiger partial charge in [0.2, 0.25) is 0 Å². The summed E-state index contributed by atoms with van der Waals surface area (Å²) in [6.07, 6.45) is 3.97. The maximum Gasteiger partial charge on any atom is 0.172 e. The lowest BCUT2D eigenvalue weighted by Crippen LogP contribution is -2.33. The third-order valence-electron chi connectivity index (χ3n) is 3.84. The quantitative estimate of drug-likeness (QED) is 0.425. The molecule has 0 aliphatic heterocycles. The lowest BCUT2D eigenvalue weighted by molar-refractivity contribution is 0.100. The Kier molecular flexibility index (Phi) is 8.61. The zero-order valence-corrected chi connectivity index (χ0v) is 15.7. The Balaban J connectivity index is 2.67. The van der Waals surface area contributed by atoms with Crippen molar-refractivity contribution in [1.29, 1.82) is 5.41 Å². The number of nitrogens with one attached hydrogen (secondary N) is 3. The van der Waals surface area contributed by atoms with Gasteiger partial charge in [0.25, 0.3) is 0 Å². The second-order valence-corrected chi connectivity index (χ2v) is 6.91. The van der Waals surface area contributed by atoms with Gasteiger partial charge in [0.15, 0.2) is 5.78 Å². The van der Waals surface area contributed by atoms with E-state index >= 15 is 0 Å². The summed E-state index contributed by atoms with van der Waals surface area (Å²) in [7, 11) is 0. The maximum atomic E-state index is 12.3. The predicted octanol–water partition coefficient (Wildman–Crippen LogP) is 3.83. The molecule has 3 N–H and O–H groups in total. The van der Waals surface area contributed by atoms with Gasteiger partial charge in [0.1, 0.15) is 5.82 Å². The average Bonchev–Trinajstić information content (AvgIpc) is 2.50. The molecule has 1 unspecified atom stereocenters. The monoisotopic (exact) mass is 332 g/mol. The molecule has 0 aromatic carbocycles. The molecule has 1 aromatic heterocycles.